The van der Waals surface area contributed by atoms with Gasteiger partial charge in [-0.1, -0.05) is 37.3 Å². The molecule has 7 heteroatoms. The first-order valence-corrected chi connectivity index (χ1v) is 12.0. The van der Waals surface area contributed by atoms with Crippen LogP contribution in [0.15, 0.2) is 35.3 Å². The van der Waals surface area contributed by atoms with Gasteiger partial charge in [-0.05, 0) is 69.5 Å². The van der Waals surface area contributed by atoms with Gasteiger partial charge in [0.1, 0.15) is 6.54 Å². The third-order valence-electron chi connectivity index (χ3n) is 6.79. The van der Waals surface area contributed by atoms with Crippen molar-refractivity contribution in [1.29, 1.82) is 0 Å². The summed E-state index contributed by atoms with van der Waals surface area (Å²) in [7, 11) is 3.55. The van der Waals surface area contributed by atoms with Crippen LogP contribution in [0.25, 0.3) is 0 Å². The number of halogens is 1. The van der Waals surface area contributed by atoms with E-state index in [1.165, 1.54) is 44.3 Å². The summed E-state index contributed by atoms with van der Waals surface area (Å²) in [6.07, 6.45) is 8.46. The van der Waals surface area contributed by atoms with Crippen molar-refractivity contribution in [2.24, 2.45) is 10.9 Å². The molecule has 1 amide bonds. The van der Waals surface area contributed by atoms with E-state index < -0.39 is 0 Å². The maximum atomic E-state index is 12.0. The van der Waals surface area contributed by atoms with Gasteiger partial charge in [-0.3, -0.25) is 4.79 Å². The number of guanidine groups is 1. The summed E-state index contributed by atoms with van der Waals surface area (Å²) < 4.78 is 0. The predicted molar refractivity (Wildman–Crippen MR) is 144 cm³/mol. The zero-order valence-electron chi connectivity index (χ0n) is 20.1. The Morgan fingerprint density at radius 3 is 2.34 bits per heavy atom. The molecule has 1 aliphatic heterocycles. The molecule has 1 saturated heterocycles. The lowest BCUT2D eigenvalue weighted by Gasteiger charge is -2.40. The summed E-state index contributed by atoms with van der Waals surface area (Å²) >= 11 is 0. The van der Waals surface area contributed by atoms with Crippen molar-refractivity contribution in [3.8, 4) is 0 Å². The van der Waals surface area contributed by atoms with Gasteiger partial charge in [-0.25, -0.2) is 4.99 Å². The molecule has 2 fully saturated rings. The van der Waals surface area contributed by atoms with E-state index in [2.05, 4.69) is 51.7 Å². The lowest BCUT2D eigenvalue weighted by atomic mass is 9.88. The Bertz CT molecular complexity index is 696. The molecule has 32 heavy (non-hydrogen) atoms. The SMILES string of the molecule is CC1CCN(C2CCC(NC(=NCC(=O)N(C)C)NCCc3ccccc3)CC2)CC1.I. The second kappa shape index (κ2) is 14.0. The standard InChI is InChI=1S/C25H41N5O.HI/c1-20-14-17-30(18-15-20)23-11-9-22(10-12-23)28-25(27-19-24(31)29(2)3)26-16-13-21-7-5-4-6-8-21;/h4-8,20,22-23H,9-19H2,1-3H3,(H2,26,27,28);1H. The summed E-state index contributed by atoms with van der Waals surface area (Å²) in [5.74, 6) is 1.67. The molecule has 1 aromatic rings. The lowest BCUT2D eigenvalue weighted by molar-refractivity contribution is -0.127. The predicted octanol–water partition coefficient (Wildman–Crippen LogP) is 3.51. The Hall–Kier alpha value is -1.35. The summed E-state index contributed by atoms with van der Waals surface area (Å²) in [6.45, 7) is 5.89. The number of piperidine rings is 1. The van der Waals surface area contributed by atoms with E-state index in [-0.39, 0.29) is 36.4 Å². The molecule has 0 unspecified atom stereocenters. The minimum absolute atomic E-state index is 0. The highest BCUT2D eigenvalue weighted by molar-refractivity contribution is 14.0. The van der Waals surface area contributed by atoms with Crippen molar-refractivity contribution in [3.63, 3.8) is 0 Å². The molecule has 2 aliphatic rings. The van der Waals surface area contributed by atoms with Crippen molar-refractivity contribution in [2.75, 3.05) is 40.3 Å². The molecule has 1 saturated carbocycles. The molecule has 0 aromatic heterocycles. The zero-order valence-corrected chi connectivity index (χ0v) is 22.4. The van der Waals surface area contributed by atoms with Crippen molar-refractivity contribution >= 4 is 35.8 Å². The Kier molecular flexibility index (Phi) is 11.8. The number of hydrogen-bond donors (Lipinski definition) is 2. The van der Waals surface area contributed by atoms with Gasteiger partial charge in [0, 0.05) is 32.7 Å². The van der Waals surface area contributed by atoms with Gasteiger partial charge < -0.3 is 20.4 Å². The van der Waals surface area contributed by atoms with E-state index in [1.54, 1.807) is 19.0 Å². The van der Waals surface area contributed by atoms with Crippen LogP contribution < -0.4 is 10.6 Å². The normalized spacial score (nSPS) is 22.7. The summed E-state index contributed by atoms with van der Waals surface area (Å²) in [6, 6.07) is 11.6. The van der Waals surface area contributed by atoms with Crippen LogP contribution in [0.3, 0.4) is 0 Å². The van der Waals surface area contributed by atoms with Gasteiger partial charge in [0.2, 0.25) is 5.91 Å². The largest absolute Gasteiger partial charge is 0.356 e. The Morgan fingerprint density at radius 2 is 1.72 bits per heavy atom. The van der Waals surface area contributed by atoms with E-state index in [0.717, 1.165) is 43.7 Å². The number of hydrogen-bond acceptors (Lipinski definition) is 3. The van der Waals surface area contributed by atoms with Gasteiger partial charge in [-0.2, -0.15) is 0 Å². The van der Waals surface area contributed by atoms with Gasteiger partial charge in [0.25, 0.3) is 0 Å². The fourth-order valence-electron chi connectivity index (χ4n) is 4.58. The van der Waals surface area contributed by atoms with Crippen molar-refractivity contribution < 1.29 is 4.79 Å². The number of benzene rings is 1. The topological polar surface area (TPSA) is 60.0 Å². The van der Waals surface area contributed by atoms with Crippen LogP contribution in [0, 0.1) is 5.92 Å². The van der Waals surface area contributed by atoms with E-state index in [1.807, 2.05) is 6.07 Å². The van der Waals surface area contributed by atoms with Crippen LogP contribution >= 0.6 is 24.0 Å². The molecule has 1 aromatic carbocycles. The van der Waals surface area contributed by atoms with E-state index in [4.69, 9.17) is 0 Å². The maximum Gasteiger partial charge on any atom is 0.243 e. The molecule has 0 radical (unpaired) electrons. The number of aliphatic imine (C=N–C) groups is 1. The summed E-state index contributed by atoms with van der Waals surface area (Å²) in [5.41, 5.74) is 1.30. The number of carbonyl (C=O) groups is 1. The molecule has 6 nitrogen and oxygen atoms in total. The highest BCUT2D eigenvalue weighted by atomic mass is 127. The van der Waals surface area contributed by atoms with Crippen molar-refractivity contribution in [1.82, 2.24) is 20.4 Å². The number of amides is 1. The Morgan fingerprint density at radius 1 is 1.06 bits per heavy atom. The summed E-state index contributed by atoms with van der Waals surface area (Å²) in [5, 5.41) is 7.06. The fourth-order valence-corrected chi connectivity index (χ4v) is 4.58. The lowest BCUT2D eigenvalue weighted by Crippen LogP contribution is -2.49. The van der Waals surface area contributed by atoms with Crippen molar-refractivity contribution in [2.45, 2.75) is 64.0 Å². The molecule has 2 N–H and O–H groups in total. The molecule has 3 rings (SSSR count). The third kappa shape index (κ3) is 8.89. The highest BCUT2D eigenvalue weighted by Gasteiger charge is 2.28. The highest BCUT2D eigenvalue weighted by Crippen LogP contribution is 2.27. The number of carbonyl (C=O) groups excluding carboxylic acids is 1. The second-order valence-corrected chi connectivity index (χ2v) is 9.48. The van der Waals surface area contributed by atoms with Crippen LogP contribution in [0.2, 0.25) is 0 Å². The molecule has 0 spiro atoms. The van der Waals surface area contributed by atoms with E-state index >= 15 is 0 Å². The average molecular weight is 556 g/mol. The van der Waals surface area contributed by atoms with Gasteiger partial charge in [-0.15, -0.1) is 24.0 Å². The molecular weight excluding hydrogens is 513 g/mol. The van der Waals surface area contributed by atoms with Crippen LogP contribution in [0.5, 0.6) is 0 Å². The average Bonchev–Trinajstić information content (AvgIpc) is 2.79. The Labute approximate surface area is 211 Å². The first kappa shape index (κ1) is 26.9. The molecule has 1 aliphatic carbocycles. The Balaban J connectivity index is 0.00000363. The van der Waals surface area contributed by atoms with E-state index in [9.17, 15) is 4.79 Å². The second-order valence-electron chi connectivity index (χ2n) is 9.48. The number of likely N-dealkylation sites (N-methyl/N-ethyl adjacent to an activating group) is 1. The van der Waals surface area contributed by atoms with Gasteiger partial charge in [0.15, 0.2) is 5.96 Å². The van der Waals surface area contributed by atoms with Crippen LogP contribution in [-0.4, -0.2) is 74.0 Å². The minimum Gasteiger partial charge on any atom is -0.356 e. The first-order valence-electron chi connectivity index (χ1n) is 12.0. The molecule has 180 valence electrons. The zero-order chi connectivity index (χ0) is 22.1. The molecule has 0 bridgehead atoms. The number of rotatable bonds is 7. The number of nitrogens with one attached hydrogen (secondary N) is 2. The summed E-state index contributed by atoms with van der Waals surface area (Å²) in [4.78, 5) is 20.9. The van der Waals surface area contributed by atoms with Gasteiger partial charge in [0.05, 0.1) is 0 Å². The van der Waals surface area contributed by atoms with Crippen LogP contribution in [0.1, 0.15) is 51.0 Å². The maximum absolute atomic E-state index is 12.0. The molecular formula is C25H42IN5O. The first-order chi connectivity index (χ1) is 15.0. The minimum atomic E-state index is 0. The van der Waals surface area contributed by atoms with Crippen molar-refractivity contribution in [3.05, 3.63) is 35.9 Å². The van der Waals surface area contributed by atoms with Crippen LogP contribution in [0.4, 0.5) is 0 Å². The monoisotopic (exact) mass is 555 g/mol. The van der Waals surface area contributed by atoms with Crippen LogP contribution in [-0.2, 0) is 11.2 Å². The number of likely N-dealkylation sites (tertiary alicyclic amines) is 1. The third-order valence-corrected chi connectivity index (χ3v) is 6.79. The molecule has 0 atom stereocenters. The fraction of sp³-hybridized carbons (Fsp3) is 0.680. The van der Waals surface area contributed by atoms with Gasteiger partial charge >= 0.3 is 0 Å². The smallest absolute Gasteiger partial charge is 0.243 e. The molecule has 1 heterocycles. The number of nitrogens with zero attached hydrogens (tertiary/aromatic N) is 3. The van der Waals surface area contributed by atoms with E-state index in [0.29, 0.717) is 6.04 Å². The quantitative estimate of drug-likeness (QED) is 0.307.